The van der Waals surface area contributed by atoms with E-state index >= 15 is 0 Å². The second kappa shape index (κ2) is 11.4. The molecule has 40 heavy (non-hydrogen) atoms. The number of benzene rings is 2. The number of alkyl halides is 3. The molecule has 216 valence electrons. The topological polar surface area (TPSA) is 129 Å². The molecule has 1 N–H and O–H groups in total. The number of ether oxygens (including phenoxy) is 2. The van der Waals surface area contributed by atoms with Crippen LogP contribution in [0.2, 0.25) is 0 Å². The summed E-state index contributed by atoms with van der Waals surface area (Å²) >= 11 is 0. The van der Waals surface area contributed by atoms with Crippen molar-refractivity contribution in [2.24, 2.45) is 0 Å². The first-order valence-electron chi connectivity index (χ1n) is 12.2. The summed E-state index contributed by atoms with van der Waals surface area (Å²) in [7, 11) is -4.39. The Morgan fingerprint density at radius 2 is 2.02 bits per heavy atom. The first kappa shape index (κ1) is 29.3. The van der Waals surface area contributed by atoms with Crippen molar-refractivity contribution in [1.29, 1.82) is 0 Å². The molecule has 1 unspecified atom stereocenters. The monoisotopic (exact) mass is 584 g/mol. The summed E-state index contributed by atoms with van der Waals surface area (Å²) in [6, 6.07) is 6.28. The fraction of sp³-hybridized carbons (Fsp3) is 0.400. The zero-order chi connectivity index (χ0) is 29.2. The quantitative estimate of drug-likeness (QED) is 0.282. The number of fused-ring (bicyclic) bond motifs is 1. The molecule has 1 amide bonds. The molecule has 0 bridgehead atoms. The number of halogens is 3. The fourth-order valence-electron chi connectivity index (χ4n) is 4.24. The van der Waals surface area contributed by atoms with Crippen molar-refractivity contribution in [3.63, 3.8) is 0 Å². The highest BCUT2D eigenvalue weighted by atomic mass is 32.2. The van der Waals surface area contributed by atoms with Crippen LogP contribution in [0.5, 0.6) is 5.75 Å². The minimum absolute atomic E-state index is 0.00968. The smallest absolute Gasteiger partial charge is 0.416 e. The minimum Gasteiger partial charge on any atom is -0.487 e. The van der Waals surface area contributed by atoms with E-state index in [0.717, 1.165) is 16.6 Å². The number of sulfonamides is 1. The van der Waals surface area contributed by atoms with Crippen molar-refractivity contribution < 1.29 is 45.5 Å². The van der Waals surface area contributed by atoms with Crippen LogP contribution in [-0.2, 0) is 41.9 Å². The minimum atomic E-state index is -4.51. The van der Waals surface area contributed by atoms with E-state index in [9.17, 15) is 31.2 Å². The summed E-state index contributed by atoms with van der Waals surface area (Å²) in [5.74, 6) is -1.07. The molecule has 1 saturated heterocycles. The van der Waals surface area contributed by atoms with E-state index in [1.807, 2.05) is 0 Å². The van der Waals surface area contributed by atoms with Gasteiger partial charge in [0.15, 0.2) is 0 Å². The Kier molecular flexibility index (Phi) is 8.37. The molecular formula is C25H27F3N4O7S. The predicted octanol–water partition coefficient (Wildman–Crippen LogP) is 3.74. The zero-order valence-electron chi connectivity index (χ0n) is 21.8. The molecule has 2 aromatic carbocycles. The Labute approximate surface area is 227 Å². The van der Waals surface area contributed by atoms with Gasteiger partial charge in [0.25, 0.3) is 10.0 Å². The van der Waals surface area contributed by atoms with Gasteiger partial charge in [0.2, 0.25) is 5.91 Å². The van der Waals surface area contributed by atoms with Crippen LogP contribution in [0.15, 0.2) is 47.6 Å². The Hall–Kier alpha value is -3.69. The van der Waals surface area contributed by atoms with Crippen LogP contribution in [0.1, 0.15) is 32.8 Å². The summed E-state index contributed by atoms with van der Waals surface area (Å²) in [5.41, 5.74) is 0.00601. The number of cyclic esters (lactones) is 1. The first-order valence-corrected chi connectivity index (χ1v) is 13.7. The summed E-state index contributed by atoms with van der Waals surface area (Å²) < 4.78 is 79.9. The van der Waals surface area contributed by atoms with Gasteiger partial charge >= 0.3 is 12.1 Å². The van der Waals surface area contributed by atoms with Gasteiger partial charge < -0.3 is 19.4 Å². The van der Waals surface area contributed by atoms with Gasteiger partial charge in [-0.3, -0.25) is 14.4 Å². The number of hydroxylamine groups is 1. The van der Waals surface area contributed by atoms with E-state index in [2.05, 4.69) is 10.3 Å². The van der Waals surface area contributed by atoms with E-state index in [1.54, 1.807) is 18.4 Å². The number of aromatic nitrogens is 2. The van der Waals surface area contributed by atoms with E-state index in [-0.39, 0.29) is 48.0 Å². The third kappa shape index (κ3) is 6.37. The third-order valence-corrected chi connectivity index (χ3v) is 7.67. The highest BCUT2D eigenvalue weighted by Crippen LogP contribution is 2.34. The van der Waals surface area contributed by atoms with Gasteiger partial charge in [0.05, 0.1) is 48.5 Å². The van der Waals surface area contributed by atoms with Crippen LogP contribution < -0.4 is 10.1 Å². The van der Waals surface area contributed by atoms with E-state index < -0.39 is 45.8 Å². The van der Waals surface area contributed by atoms with Crippen LogP contribution in [0.4, 0.5) is 18.9 Å². The lowest BCUT2D eigenvalue weighted by Gasteiger charge is -2.26. The van der Waals surface area contributed by atoms with Crippen LogP contribution in [-0.4, -0.2) is 59.7 Å². The molecule has 1 fully saturated rings. The van der Waals surface area contributed by atoms with Crippen LogP contribution in [0.25, 0.3) is 11.0 Å². The fourth-order valence-corrected chi connectivity index (χ4v) is 5.81. The molecule has 0 aliphatic carbocycles. The Morgan fingerprint density at radius 1 is 1.27 bits per heavy atom. The Morgan fingerprint density at radius 3 is 2.65 bits per heavy atom. The normalized spacial score (nSPS) is 16.8. The van der Waals surface area contributed by atoms with Gasteiger partial charge in [-0.2, -0.15) is 13.2 Å². The average molecular weight is 585 g/mol. The maximum atomic E-state index is 13.7. The number of anilines is 1. The number of carbonyl (C=O) groups is 2. The molecule has 3 aromatic rings. The Bertz CT molecular complexity index is 1520. The van der Waals surface area contributed by atoms with Gasteiger partial charge in [-0.1, -0.05) is 4.47 Å². The first-order chi connectivity index (χ1) is 18.8. The highest BCUT2D eigenvalue weighted by molar-refractivity contribution is 7.89. The number of carbonyl (C=O) groups excluding carboxylic acids is 2. The molecule has 0 saturated carbocycles. The molecule has 1 aromatic heterocycles. The van der Waals surface area contributed by atoms with Crippen molar-refractivity contribution in [3.8, 4) is 5.75 Å². The maximum Gasteiger partial charge on any atom is 0.416 e. The largest absolute Gasteiger partial charge is 0.487 e. The molecule has 15 heteroatoms. The summed E-state index contributed by atoms with van der Waals surface area (Å²) in [4.78, 5) is 32.5. The molecule has 0 spiro atoms. The number of hydrogen-bond acceptors (Lipinski definition) is 8. The lowest BCUT2D eigenvalue weighted by atomic mass is 10.2. The number of nitrogens with zero attached hydrogens (tertiary/aromatic N) is 3. The molecule has 1 aliphatic heterocycles. The zero-order valence-corrected chi connectivity index (χ0v) is 22.6. The summed E-state index contributed by atoms with van der Waals surface area (Å²) in [6.07, 6.45) is -4.05. The number of esters is 1. The van der Waals surface area contributed by atoms with Crippen LogP contribution in [0.3, 0.4) is 0 Å². The number of hydrogen-bond donors (Lipinski definition) is 1. The second-order valence-electron chi connectivity index (χ2n) is 9.09. The van der Waals surface area contributed by atoms with E-state index in [1.165, 1.54) is 37.5 Å². The molecular weight excluding hydrogens is 557 g/mol. The van der Waals surface area contributed by atoms with Crippen molar-refractivity contribution >= 4 is 38.6 Å². The average Bonchev–Trinajstić information content (AvgIpc) is 3.47. The van der Waals surface area contributed by atoms with Crippen LogP contribution in [0, 0.1) is 0 Å². The maximum absolute atomic E-state index is 13.7. The standard InChI is InChI=1S/C25H27F3N4O7S/c1-4-38-32(19-11-24(34)37-13-19)40(35,36)23-8-6-18(30-16(3)33)10-22(23)39-15(2)12-31-14-29-20-9-17(25(26,27)28)5-7-21(20)31/h5-10,14-15,19H,4,11-13H2,1-3H3,(H,30,33)/t15-,19?/m1/s1. The van der Waals surface area contributed by atoms with E-state index in [4.69, 9.17) is 14.3 Å². The molecule has 4 rings (SSSR count). The van der Waals surface area contributed by atoms with Gasteiger partial charge in [-0.25, -0.2) is 13.4 Å². The predicted molar refractivity (Wildman–Crippen MR) is 136 cm³/mol. The third-order valence-electron chi connectivity index (χ3n) is 5.90. The van der Waals surface area contributed by atoms with Gasteiger partial charge in [0.1, 0.15) is 23.4 Å². The second-order valence-corrected chi connectivity index (χ2v) is 10.8. The number of rotatable bonds is 10. The number of amides is 1. The molecule has 2 heterocycles. The Balaban J connectivity index is 1.65. The van der Waals surface area contributed by atoms with Crippen molar-refractivity contribution in [2.75, 3.05) is 18.5 Å². The number of imidazole rings is 1. The summed E-state index contributed by atoms with van der Waals surface area (Å²) in [6.45, 7) is 4.43. The van der Waals surface area contributed by atoms with Gasteiger partial charge in [0, 0.05) is 18.7 Å². The number of nitrogens with one attached hydrogen (secondary N) is 1. The molecule has 1 aliphatic rings. The van der Waals surface area contributed by atoms with Crippen molar-refractivity contribution in [3.05, 3.63) is 48.3 Å². The molecule has 2 atom stereocenters. The van der Waals surface area contributed by atoms with Crippen molar-refractivity contribution in [2.45, 2.75) is 57.0 Å². The highest BCUT2D eigenvalue weighted by Gasteiger charge is 2.40. The molecule has 0 radical (unpaired) electrons. The van der Waals surface area contributed by atoms with Crippen molar-refractivity contribution in [1.82, 2.24) is 14.0 Å². The van der Waals surface area contributed by atoms with Crippen LogP contribution >= 0.6 is 0 Å². The lowest BCUT2D eigenvalue weighted by Crippen LogP contribution is -2.41. The van der Waals surface area contributed by atoms with Gasteiger partial charge in [-0.15, -0.1) is 0 Å². The van der Waals surface area contributed by atoms with Gasteiger partial charge in [-0.05, 0) is 44.2 Å². The summed E-state index contributed by atoms with van der Waals surface area (Å²) in [5, 5.41) is 2.57. The van der Waals surface area contributed by atoms with E-state index in [0.29, 0.717) is 5.52 Å². The lowest BCUT2D eigenvalue weighted by molar-refractivity contribution is -0.138. The SMILES string of the molecule is CCON(C1COC(=O)C1)S(=O)(=O)c1ccc(NC(C)=O)cc1O[C@H](C)Cn1cnc2cc(C(F)(F)F)ccc21. The molecule has 11 nitrogen and oxygen atoms in total.